The van der Waals surface area contributed by atoms with Crippen molar-refractivity contribution in [3.05, 3.63) is 41.5 Å². The second-order valence-electron chi connectivity index (χ2n) is 5.88. The average Bonchev–Trinajstić information content (AvgIpc) is 2.25. The number of benzene rings is 1. The first-order valence-electron chi connectivity index (χ1n) is 6.24. The minimum Gasteiger partial charge on any atom is -0.389 e. The summed E-state index contributed by atoms with van der Waals surface area (Å²) in [5.74, 6) is 0. The Labute approximate surface area is 110 Å². The van der Waals surface area contributed by atoms with Gasteiger partial charge in [0.25, 0.3) is 0 Å². The summed E-state index contributed by atoms with van der Waals surface area (Å²) < 4.78 is 37.5. The van der Waals surface area contributed by atoms with Crippen LogP contribution in [-0.4, -0.2) is 11.2 Å². The average molecular weight is 270 g/mol. The van der Waals surface area contributed by atoms with Gasteiger partial charge in [0, 0.05) is 0 Å². The number of hydrogen-bond donors (Lipinski definition) is 1. The fraction of sp³-hybridized carbons (Fsp3) is 0.467. The molecule has 104 valence electrons. The van der Waals surface area contributed by atoms with E-state index in [0.29, 0.717) is 6.42 Å². The molecule has 1 aromatic carbocycles. The smallest absolute Gasteiger partial charge is 0.389 e. The predicted molar refractivity (Wildman–Crippen MR) is 68.4 cm³/mol. The maximum Gasteiger partial charge on any atom is 0.416 e. The van der Waals surface area contributed by atoms with Crippen LogP contribution in [0.3, 0.4) is 0 Å². The summed E-state index contributed by atoms with van der Waals surface area (Å²) in [6, 6.07) is 5.12. The molecular formula is C15H17F3O. The van der Waals surface area contributed by atoms with Crippen molar-refractivity contribution in [2.75, 3.05) is 0 Å². The van der Waals surface area contributed by atoms with Gasteiger partial charge in [0.15, 0.2) is 0 Å². The summed E-state index contributed by atoms with van der Waals surface area (Å²) in [6.45, 7) is 4.10. The van der Waals surface area contributed by atoms with Crippen LogP contribution in [0, 0.1) is 5.41 Å². The summed E-state index contributed by atoms with van der Waals surface area (Å²) in [4.78, 5) is 0. The van der Waals surface area contributed by atoms with E-state index in [9.17, 15) is 18.3 Å². The van der Waals surface area contributed by atoms with E-state index in [1.54, 1.807) is 6.08 Å². The largest absolute Gasteiger partial charge is 0.416 e. The minimum atomic E-state index is -4.31. The van der Waals surface area contributed by atoms with E-state index < -0.39 is 17.8 Å². The molecule has 0 saturated carbocycles. The van der Waals surface area contributed by atoms with E-state index in [-0.39, 0.29) is 5.41 Å². The molecule has 0 saturated heterocycles. The Balaban J connectivity index is 2.28. The van der Waals surface area contributed by atoms with Gasteiger partial charge in [-0.15, -0.1) is 0 Å². The van der Waals surface area contributed by atoms with Crippen LogP contribution in [0.25, 0.3) is 5.57 Å². The first-order valence-corrected chi connectivity index (χ1v) is 6.24. The number of alkyl halides is 3. The van der Waals surface area contributed by atoms with Crippen molar-refractivity contribution < 1.29 is 18.3 Å². The van der Waals surface area contributed by atoms with Crippen molar-refractivity contribution in [2.45, 2.75) is 39.0 Å². The molecule has 0 bridgehead atoms. The zero-order valence-corrected chi connectivity index (χ0v) is 11.0. The SMILES string of the molecule is CC1(C)CC(c2ccc(C(F)(F)F)cc2)=CC(O)C1. The third-order valence-corrected chi connectivity index (χ3v) is 3.41. The molecule has 4 heteroatoms. The fourth-order valence-electron chi connectivity index (χ4n) is 2.58. The number of halogens is 3. The molecule has 2 rings (SSSR count). The maximum atomic E-state index is 12.5. The van der Waals surface area contributed by atoms with Gasteiger partial charge in [0.1, 0.15) is 0 Å². The Kier molecular flexibility index (Phi) is 3.47. The van der Waals surface area contributed by atoms with Crippen molar-refractivity contribution in [3.63, 3.8) is 0 Å². The highest BCUT2D eigenvalue weighted by Gasteiger charge is 2.31. The molecule has 0 heterocycles. The van der Waals surface area contributed by atoms with Gasteiger partial charge in [0.05, 0.1) is 11.7 Å². The Morgan fingerprint density at radius 3 is 2.21 bits per heavy atom. The second-order valence-corrected chi connectivity index (χ2v) is 5.88. The predicted octanol–water partition coefficient (Wildman–Crippen LogP) is 4.27. The quantitative estimate of drug-likeness (QED) is 0.808. The van der Waals surface area contributed by atoms with Crippen molar-refractivity contribution in [2.24, 2.45) is 5.41 Å². The third kappa shape index (κ3) is 3.38. The lowest BCUT2D eigenvalue weighted by atomic mass is 9.74. The standard InChI is InChI=1S/C15H17F3O/c1-14(2)8-11(7-13(19)9-14)10-3-5-12(6-4-10)15(16,17)18/h3-7,13,19H,8-9H2,1-2H3. The Bertz CT molecular complexity index is 483. The van der Waals surface area contributed by atoms with Crippen LogP contribution in [0.1, 0.15) is 37.8 Å². The molecule has 1 nitrogen and oxygen atoms in total. The molecule has 0 fully saturated rings. The Morgan fingerprint density at radius 1 is 1.16 bits per heavy atom. The molecule has 0 aromatic heterocycles. The number of aliphatic hydroxyl groups excluding tert-OH is 1. The summed E-state index contributed by atoms with van der Waals surface area (Å²) >= 11 is 0. The van der Waals surface area contributed by atoms with Gasteiger partial charge >= 0.3 is 6.18 Å². The zero-order valence-electron chi connectivity index (χ0n) is 11.0. The van der Waals surface area contributed by atoms with Gasteiger partial charge in [-0.25, -0.2) is 0 Å². The van der Waals surface area contributed by atoms with Crippen LogP contribution in [0.15, 0.2) is 30.3 Å². The number of hydrogen-bond acceptors (Lipinski definition) is 1. The monoisotopic (exact) mass is 270 g/mol. The summed E-state index contributed by atoms with van der Waals surface area (Å²) in [5, 5.41) is 9.80. The number of rotatable bonds is 1. The second kappa shape index (κ2) is 4.67. The topological polar surface area (TPSA) is 20.2 Å². The zero-order chi connectivity index (χ0) is 14.3. The molecule has 0 spiro atoms. The fourth-order valence-corrected chi connectivity index (χ4v) is 2.58. The van der Waals surface area contributed by atoms with Crippen molar-refractivity contribution >= 4 is 5.57 Å². The number of aliphatic hydroxyl groups is 1. The van der Waals surface area contributed by atoms with Gasteiger partial charge in [0.2, 0.25) is 0 Å². The van der Waals surface area contributed by atoms with E-state index in [4.69, 9.17) is 0 Å². The van der Waals surface area contributed by atoms with Crippen LogP contribution in [0.4, 0.5) is 13.2 Å². The van der Waals surface area contributed by atoms with Gasteiger partial charge in [-0.05, 0) is 41.5 Å². The minimum absolute atomic E-state index is 0.0355. The molecule has 0 amide bonds. The lowest BCUT2D eigenvalue weighted by molar-refractivity contribution is -0.137. The van der Waals surface area contributed by atoms with Crippen LogP contribution >= 0.6 is 0 Å². The maximum absolute atomic E-state index is 12.5. The van der Waals surface area contributed by atoms with Gasteiger partial charge in [-0.3, -0.25) is 0 Å². The van der Waals surface area contributed by atoms with Crippen LogP contribution < -0.4 is 0 Å². The summed E-state index contributed by atoms with van der Waals surface area (Å²) in [5.41, 5.74) is 0.983. The summed E-state index contributed by atoms with van der Waals surface area (Å²) in [7, 11) is 0. The molecule has 0 aliphatic heterocycles. The van der Waals surface area contributed by atoms with Crippen molar-refractivity contribution in [3.8, 4) is 0 Å². The van der Waals surface area contributed by atoms with Gasteiger partial charge in [-0.1, -0.05) is 32.1 Å². The molecule has 1 aromatic rings. The van der Waals surface area contributed by atoms with Crippen molar-refractivity contribution in [1.29, 1.82) is 0 Å². The third-order valence-electron chi connectivity index (χ3n) is 3.41. The van der Waals surface area contributed by atoms with Crippen LogP contribution in [-0.2, 0) is 6.18 Å². The molecule has 1 atom stereocenters. The highest BCUT2D eigenvalue weighted by Crippen LogP contribution is 2.40. The van der Waals surface area contributed by atoms with E-state index in [1.807, 2.05) is 13.8 Å². The Morgan fingerprint density at radius 2 is 1.74 bits per heavy atom. The molecular weight excluding hydrogens is 253 g/mol. The van der Waals surface area contributed by atoms with Gasteiger partial charge < -0.3 is 5.11 Å². The summed E-state index contributed by atoms with van der Waals surface area (Å²) in [6.07, 6.45) is -1.65. The van der Waals surface area contributed by atoms with E-state index in [2.05, 4.69) is 0 Å². The lowest BCUT2D eigenvalue weighted by Crippen LogP contribution is -2.24. The van der Waals surface area contributed by atoms with Crippen molar-refractivity contribution in [1.82, 2.24) is 0 Å². The first-order chi connectivity index (χ1) is 8.67. The molecule has 1 aliphatic rings. The van der Waals surface area contributed by atoms with E-state index in [0.717, 1.165) is 29.7 Å². The van der Waals surface area contributed by atoms with Gasteiger partial charge in [-0.2, -0.15) is 13.2 Å². The molecule has 1 unspecified atom stereocenters. The van der Waals surface area contributed by atoms with E-state index >= 15 is 0 Å². The Hall–Kier alpha value is -1.29. The highest BCUT2D eigenvalue weighted by molar-refractivity contribution is 5.67. The van der Waals surface area contributed by atoms with E-state index in [1.165, 1.54) is 12.1 Å². The van der Waals surface area contributed by atoms with Crippen LogP contribution in [0.5, 0.6) is 0 Å². The molecule has 19 heavy (non-hydrogen) atoms. The number of allylic oxidation sites excluding steroid dienone is 1. The lowest BCUT2D eigenvalue weighted by Gasteiger charge is -2.32. The molecule has 0 radical (unpaired) electrons. The van der Waals surface area contributed by atoms with Crippen LogP contribution in [0.2, 0.25) is 0 Å². The molecule has 1 aliphatic carbocycles. The highest BCUT2D eigenvalue weighted by atomic mass is 19.4. The first kappa shape index (κ1) is 14.1. The molecule has 1 N–H and O–H groups in total. The normalized spacial score (nSPS) is 23.1.